The molecule has 2 aromatic heterocycles. The first-order valence-corrected chi connectivity index (χ1v) is 10.4. The summed E-state index contributed by atoms with van der Waals surface area (Å²) in [5.74, 6) is 2.42. The normalized spacial score (nSPS) is 16.5. The Hall–Kier alpha value is -3.22. The molecule has 1 unspecified atom stereocenters. The molecule has 1 aromatic carbocycles. The molecule has 1 aliphatic heterocycles. The van der Waals surface area contributed by atoms with Gasteiger partial charge in [0.15, 0.2) is 11.6 Å². The minimum absolute atomic E-state index is 0.0729. The Kier molecular flexibility index (Phi) is 5.53. The number of rotatable bonds is 4. The minimum Gasteiger partial charge on any atom is -0.354 e. The van der Waals surface area contributed by atoms with Crippen molar-refractivity contribution in [1.29, 1.82) is 0 Å². The average Bonchev–Trinajstić information content (AvgIpc) is 3.16. The lowest BCUT2D eigenvalue weighted by Crippen LogP contribution is -2.41. The summed E-state index contributed by atoms with van der Waals surface area (Å²) < 4.78 is 1.90. The lowest BCUT2D eigenvalue weighted by molar-refractivity contribution is -0.120. The Morgan fingerprint density at radius 1 is 1.07 bits per heavy atom. The number of hydrogen-bond donors (Lipinski definition) is 1. The number of imidazole rings is 1. The number of hydrogen-bond acceptors (Lipinski definition) is 5. The molecule has 156 valence electrons. The first-order chi connectivity index (χ1) is 14.4. The Morgan fingerprint density at radius 3 is 2.40 bits per heavy atom. The Bertz CT molecular complexity index is 1030. The molecule has 1 saturated heterocycles. The average molecular weight is 405 g/mol. The number of aryl methyl sites for hydroxylation is 4. The van der Waals surface area contributed by atoms with Crippen molar-refractivity contribution in [3.8, 4) is 5.82 Å². The van der Waals surface area contributed by atoms with Crippen LogP contribution in [0.15, 0.2) is 36.7 Å². The molecule has 1 amide bonds. The van der Waals surface area contributed by atoms with Crippen LogP contribution in [0.1, 0.15) is 35.4 Å². The van der Waals surface area contributed by atoms with Crippen molar-refractivity contribution in [3.05, 3.63) is 59.2 Å². The molecule has 0 radical (unpaired) electrons. The molecular formula is C23H28N6O. The zero-order valence-corrected chi connectivity index (χ0v) is 18.0. The first-order valence-electron chi connectivity index (χ1n) is 10.4. The van der Waals surface area contributed by atoms with Gasteiger partial charge in [-0.2, -0.15) is 0 Å². The predicted molar refractivity (Wildman–Crippen MR) is 118 cm³/mol. The van der Waals surface area contributed by atoms with Crippen LogP contribution >= 0.6 is 0 Å². The molecule has 3 aromatic rings. The van der Waals surface area contributed by atoms with Crippen LogP contribution in [0.25, 0.3) is 5.82 Å². The highest BCUT2D eigenvalue weighted by Gasteiger charge is 2.27. The predicted octanol–water partition coefficient (Wildman–Crippen LogP) is 3.75. The lowest BCUT2D eigenvalue weighted by atomic mass is 9.96. The fraction of sp³-hybridized carbons (Fsp3) is 0.391. The summed E-state index contributed by atoms with van der Waals surface area (Å²) in [6.45, 7) is 9.62. The van der Waals surface area contributed by atoms with E-state index in [9.17, 15) is 4.79 Å². The second-order valence-corrected chi connectivity index (χ2v) is 8.14. The van der Waals surface area contributed by atoms with Gasteiger partial charge in [0, 0.05) is 31.2 Å². The van der Waals surface area contributed by atoms with Crippen molar-refractivity contribution in [2.24, 2.45) is 5.92 Å². The SMILES string of the molecule is Cc1cc(C)c(NC(=O)C2CCCN(c3ccc(-n4ccnc4C)nn3)C2)c(C)c1. The summed E-state index contributed by atoms with van der Waals surface area (Å²) >= 11 is 0. The number of carbonyl (C=O) groups is 1. The van der Waals surface area contributed by atoms with Crippen molar-refractivity contribution in [2.75, 3.05) is 23.3 Å². The van der Waals surface area contributed by atoms with Crippen LogP contribution in [-0.4, -0.2) is 38.7 Å². The summed E-state index contributed by atoms with van der Waals surface area (Å²) in [5.41, 5.74) is 4.34. The maximum absolute atomic E-state index is 13.0. The second-order valence-electron chi connectivity index (χ2n) is 8.14. The van der Waals surface area contributed by atoms with E-state index in [-0.39, 0.29) is 11.8 Å². The second kappa shape index (κ2) is 8.26. The highest BCUT2D eigenvalue weighted by molar-refractivity contribution is 5.94. The van der Waals surface area contributed by atoms with Crippen molar-refractivity contribution < 1.29 is 4.79 Å². The van der Waals surface area contributed by atoms with Crippen molar-refractivity contribution in [1.82, 2.24) is 19.7 Å². The number of amides is 1. The van der Waals surface area contributed by atoms with Crippen molar-refractivity contribution in [3.63, 3.8) is 0 Å². The quantitative estimate of drug-likeness (QED) is 0.717. The summed E-state index contributed by atoms with van der Waals surface area (Å²) in [7, 11) is 0. The van der Waals surface area contributed by atoms with Gasteiger partial charge in [-0.15, -0.1) is 10.2 Å². The van der Waals surface area contributed by atoms with Gasteiger partial charge in [0.05, 0.1) is 5.92 Å². The zero-order chi connectivity index (χ0) is 21.3. The Morgan fingerprint density at radius 2 is 1.77 bits per heavy atom. The standard InChI is InChI=1S/C23H28N6O/c1-15-12-16(2)22(17(3)13-15)25-23(30)19-6-5-10-28(14-19)20-7-8-21(27-26-20)29-11-9-24-18(29)4/h7-9,11-13,19H,5-6,10,14H2,1-4H3,(H,25,30). The monoisotopic (exact) mass is 404 g/mol. The maximum atomic E-state index is 13.0. The first kappa shape index (κ1) is 20.1. The van der Waals surface area contributed by atoms with E-state index in [1.807, 2.05) is 43.7 Å². The number of carbonyl (C=O) groups excluding carboxylic acids is 1. The van der Waals surface area contributed by atoms with Gasteiger partial charge in [-0.1, -0.05) is 17.7 Å². The van der Waals surface area contributed by atoms with E-state index in [0.29, 0.717) is 6.54 Å². The smallest absolute Gasteiger partial charge is 0.229 e. The van der Waals surface area contributed by atoms with E-state index >= 15 is 0 Å². The summed E-state index contributed by atoms with van der Waals surface area (Å²) in [5, 5.41) is 11.9. The number of benzene rings is 1. The van der Waals surface area contributed by atoms with E-state index in [2.05, 4.69) is 44.5 Å². The van der Waals surface area contributed by atoms with Gasteiger partial charge < -0.3 is 10.2 Å². The van der Waals surface area contributed by atoms with Gasteiger partial charge in [-0.25, -0.2) is 4.98 Å². The molecular weight excluding hydrogens is 376 g/mol. The summed E-state index contributed by atoms with van der Waals surface area (Å²) in [6.07, 6.45) is 5.45. The number of piperidine rings is 1. The van der Waals surface area contributed by atoms with E-state index in [4.69, 9.17) is 0 Å². The van der Waals surface area contributed by atoms with E-state index in [1.54, 1.807) is 6.20 Å². The molecule has 7 nitrogen and oxygen atoms in total. The van der Waals surface area contributed by atoms with E-state index < -0.39 is 0 Å². The third-order valence-corrected chi connectivity index (χ3v) is 5.75. The lowest BCUT2D eigenvalue weighted by Gasteiger charge is -2.32. The van der Waals surface area contributed by atoms with Crippen LogP contribution in [0.5, 0.6) is 0 Å². The van der Waals surface area contributed by atoms with Crippen LogP contribution in [-0.2, 0) is 4.79 Å². The Balaban J connectivity index is 1.45. The molecule has 0 aliphatic carbocycles. The van der Waals surface area contributed by atoms with E-state index in [1.165, 1.54) is 5.56 Å². The molecule has 30 heavy (non-hydrogen) atoms. The fourth-order valence-corrected chi connectivity index (χ4v) is 4.24. The number of aromatic nitrogens is 4. The number of nitrogens with zero attached hydrogens (tertiary/aromatic N) is 5. The molecule has 1 aliphatic rings. The number of anilines is 2. The summed E-state index contributed by atoms with van der Waals surface area (Å²) in [4.78, 5) is 19.4. The molecule has 1 N–H and O–H groups in total. The van der Waals surface area contributed by atoms with Gasteiger partial charge in [-0.3, -0.25) is 9.36 Å². The van der Waals surface area contributed by atoms with Crippen LogP contribution in [0.2, 0.25) is 0 Å². The van der Waals surface area contributed by atoms with Crippen LogP contribution < -0.4 is 10.2 Å². The van der Waals surface area contributed by atoms with Crippen LogP contribution in [0.4, 0.5) is 11.5 Å². The molecule has 0 bridgehead atoms. The molecule has 1 atom stereocenters. The largest absolute Gasteiger partial charge is 0.354 e. The van der Waals surface area contributed by atoms with Gasteiger partial charge in [0.25, 0.3) is 0 Å². The molecule has 4 rings (SSSR count). The molecule has 7 heteroatoms. The minimum atomic E-state index is -0.0729. The van der Waals surface area contributed by atoms with Gasteiger partial charge in [0.2, 0.25) is 5.91 Å². The van der Waals surface area contributed by atoms with Crippen LogP contribution in [0, 0.1) is 33.6 Å². The molecule has 1 fully saturated rings. The zero-order valence-electron chi connectivity index (χ0n) is 18.0. The third kappa shape index (κ3) is 4.06. The maximum Gasteiger partial charge on any atom is 0.229 e. The van der Waals surface area contributed by atoms with E-state index in [0.717, 1.165) is 53.7 Å². The highest BCUT2D eigenvalue weighted by Crippen LogP contribution is 2.26. The van der Waals surface area contributed by atoms with Crippen LogP contribution in [0.3, 0.4) is 0 Å². The molecule has 0 spiro atoms. The topological polar surface area (TPSA) is 75.9 Å². The fourth-order valence-electron chi connectivity index (χ4n) is 4.24. The third-order valence-electron chi connectivity index (χ3n) is 5.75. The Labute approximate surface area is 177 Å². The van der Waals surface area contributed by atoms with Crippen molar-refractivity contribution >= 4 is 17.4 Å². The molecule has 3 heterocycles. The summed E-state index contributed by atoms with van der Waals surface area (Å²) in [6, 6.07) is 8.12. The molecule has 0 saturated carbocycles. The van der Waals surface area contributed by atoms with Crippen molar-refractivity contribution in [2.45, 2.75) is 40.5 Å². The number of nitrogens with one attached hydrogen (secondary N) is 1. The van der Waals surface area contributed by atoms with Gasteiger partial charge in [-0.05, 0) is 63.8 Å². The highest BCUT2D eigenvalue weighted by atomic mass is 16.1. The van der Waals surface area contributed by atoms with Gasteiger partial charge >= 0.3 is 0 Å². The van der Waals surface area contributed by atoms with Gasteiger partial charge in [0.1, 0.15) is 5.82 Å².